The van der Waals surface area contributed by atoms with Crippen LogP contribution in [0.2, 0.25) is 0 Å². The van der Waals surface area contributed by atoms with Gasteiger partial charge >= 0.3 is 0 Å². The zero-order chi connectivity index (χ0) is 19.9. The fraction of sp³-hybridized carbons (Fsp3) is 0.409. The highest BCUT2D eigenvalue weighted by atomic mass is 19.1. The maximum absolute atomic E-state index is 13.4. The first-order valence-electron chi connectivity index (χ1n) is 9.72. The smallest absolute Gasteiger partial charge is 0.237 e. The summed E-state index contributed by atoms with van der Waals surface area (Å²) in [6.07, 6.45) is 0. The van der Waals surface area contributed by atoms with Gasteiger partial charge in [-0.1, -0.05) is 18.2 Å². The molecule has 1 aliphatic rings. The lowest BCUT2D eigenvalue weighted by Gasteiger charge is -2.36. The predicted octanol–water partition coefficient (Wildman–Crippen LogP) is 3.01. The van der Waals surface area contributed by atoms with Crippen molar-refractivity contribution >= 4 is 11.6 Å². The van der Waals surface area contributed by atoms with Crippen molar-refractivity contribution in [2.24, 2.45) is 0 Å². The van der Waals surface area contributed by atoms with Gasteiger partial charge in [-0.25, -0.2) is 4.39 Å². The highest BCUT2D eigenvalue weighted by Crippen LogP contribution is 2.22. The number of ether oxygens (including phenoxy) is 1. The Morgan fingerprint density at radius 2 is 1.86 bits per heavy atom. The van der Waals surface area contributed by atoms with Gasteiger partial charge in [0, 0.05) is 51.0 Å². The third-order valence-electron chi connectivity index (χ3n) is 5.15. The molecule has 3 rings (SSSR count). The lowest BCUT2D eigenvalue weighted by molar-refractivity contribution is -0.132. The quantitative estimate of drug-likeness (QED) is 0.734. The Morgan fingerprint density at radius 1 is 1.11 bits per heavy atom. The van der Waals surface area contributed by atoms with E-state index in [0.717, 1.165) is 43.2 Å². The molecule has 0 spiro atoms. The lowest BCUT2D eigenvalue weighted by atomic mass is 10.2. The van der Waals surface area contributed by atoms with E-state index in [2.05, 4.69) is 15.9 Å². The van der Waals surface area contributed by atoms with E-state index >= 15 is 0 Å². The molecule has 0 aromatic heterocycles. The minimum absolute atomic E-state index is 0.0848. The van der Waals surface area contributed by atoms with Crippen LogP contribution in [-0.4, -0.2) is 62.1 Å². The van der Waals surface area contributed by atoms with Crippen molar-refractivity contribution in [3.05, 3.63) is 59.9 Å². The molecule has 1 saturated heterocycles. The van der Waals surface area contributed by atoms with E-state index < -0.39 is 0 Å². The van der Waals surface area contributed by atoms with Crippen molar-refractivity contribution in [3.63, 3.8) is 0 Å². The topological polar surface area (TPSA) is 36.0 Å². The van der Waals surface area contributed by atoms with Crippen LogP contribution in [0.4, 0.5) is 10.1 Å². The Morgan fingerprint density at radius 3 is 2.54 bits per heavy atom. The number of nitrogens with zero attached hydrogens (tertiary/aromatic N) is 3. The highest BCUT2D eigenvalue weighted by Gasteiger charge is 2.22. The molecular weight excluding hydrogens is 357 g/mol. The second-order valence-corrected chi connectivity index (χ2v) is 7.00. The summed E-state index contributed by atoms with van der Waals surface area (Å²) in [5, 5.41) is 0. The molecule has 0 atom stereocenters. The summed E-state index contributed by atoms with van der Waals surface area (Å²) >= 11 is 0. The number of carbonyl (C=O) groups is 1. The number of hydrogen-bond donors (Lipinski definition) is 0. The average Bonchev–Trinajstić information content (AvgIpc) is 2.72. The van der Waals surface area contributed by atoms with Crippen LogP contribution >= 0.6 is 0 Å². The fourth-order valence-corrected chi connectivity index (χ4v) is 3.49. The molecule has 2 aromatic rings. The lowest BCUT2D eigenvalue weighted by Crippen LogP contribution is -2.50. The summed E-state index contributed by atoms with van der Waals surface area (Å²) in [5.41, 5.74) is 1.96. The van der Waals surface area contributed by atoms with E-state index in [1.54, 1.807) is 18.1 Å². The van der Waals surface area contributed by atoms with Crippen molar-refractivity contribution in [1.82, 2.24) is 9.80 Å². The van der Waals surface area contributed by atoms with Gasteiger partial charge in [-0.05, 0) is 36.8 Å². The van der Waals surface area contributed by atoms with Crippen LogP contribution in [0, 0.1) is 5.82 Å². The molecule has 1 aliphatic heterocycles. The molecule has 5 nitrogen and oxygen atoms in total. The number of hydrogen-bond acceptors (Lipinski definition) is 4. The molecule has 0 bridgehead atoms. The molecule has 0 N–H and O–H groups in total. The first-order valence-corrected chi connectivity index (χ1v) is 9.72. The van der Waals surface area contributed by atoms with Crippen LogP contribution in [0.15, 0.2) is 48.5 Å². The zero-order valence-electron chi connectivity index (χ0n) is 16.6. The monoisotopic (exact) mass is 385 g/mol. The average molecular weight is 385 g/mol. The number of methoxy groups -OCH3 is 1. The van der Waals surface area contributed by atoms with E-state index in [9.17, 15) is 9.18 Å². The molecule has 28 heavy (non-hydrogen) atoms. The first-order chi connectivity index (χ1) is 13.6. The number of piperazine rings is 1. The minimum Gasteiger partial charge on any atom is -0.497 e. The van der Waals surface area contributed by atoms with Gasteiger partial charge in [0.05, 0.1) is 13.7 Å². The summed E-state index contributed by atoms with van der Waals surface area (Å²) < 4.78 is 18.7. The van der Waals surface area contributed by atoms with Gasteiger partial charge < -0.3 is 14.5 Å². The van der Waals surface area contributed by atoms with E-state index in [1.165, 1.54) is 12.1 Å². The number of anilines is 1. The Kier molecular flexibility index (Phi) is 6.87. The van der Waals surface area contributed by atoms with Gasteiger partial charge in [0.25, 0.3) is 0 Å². The third-order valence-corrected chi connectivity index (χ3v) is 5.15. The molecular formula is C22H28FN3O2. The molecule has 1 fully saturated rings. The van der Waals surface area contributed by atoms with Gasteiger partial charge in [0.2, 0.25) is 5.91 Å². The maximum atomic E-state index is 13.4. The van der Waals surface area contributed by atoms with Crippen LogP contribution in [-0.2, 0) is 11.3 Å². The summed E-state index contributed by atoms with van der Waals surface area (Å²) in [4.78, 5) is 19.0. The second kappa shape index (κ2) is 9.55. The summed E-state index contributed by atoms with van der Waals surface area (Å²) in [7, 11) is 1.67. The molecule has 1 heterocycles. The van der Waals surface area contributed by atoms with Crippen LogP contribution in [0.5, 0.6) is 5.75 Å². The van der Waals surface area contributed by atoms with Crippen molar-refractivity contribution in [2.45, 2.75) is 13.5 Å². The molecule has 1 amide bonds. The minimum atomic E-state index is -0.269. The Hall–Kier alpha value is -2.60. The Labute approximate surface area is 166 Å². The molecule has 0 radical (unpaired) electrons. The van der Waals surface area contributed by atoms with Gasteiger partial charge in [-0.2, -0.15) is 0 Å². The normalized spacial score (nSPS) is 14.8. The molecule has 0 saturated carbocycles. The number of carbonyl (C=O) groups excluding carboxylic acids is 1. The highest BCUT2D eigenvalue weighted by molar-refractivity contribution is 5.78. The summed E-state index contributed by atoms with van der Waals surface area (Å²) in [6.45, 7) is 6.82. The van der Waals surface area contributed by atoms with E-state index in [4.69, 9.17) is 4.74 Å². The predicted molar refractivity (Wildman–Crippen MR) is 109 cm³/mol. The van der Waals surface area contributed by atoms with Crippen LogP contribution in [0.25, 0.3) is 0 Å². The van der Waals surface area contributed by atoms with Crippen LogP contribution in [0.3, 0.4) is 0 Å². The van der Waals surface area contributed by atoms with Crippen molar-refractivity contribution in [3.8, 4) is 5.75 Å². The van der Waals surface area contributed by atoms with Gasteiger partial charge in [0.15, 0.2) is 0 Å². The largest absolute Gasteiger partial charge is 0.497 e. The van der Waals surface area contributed by atoms with Crippen LogP contribution in [0.1, 0.15) is 12.5 Å². The van der Waals surface area contributed by atoms with Gasteiger partial charge in [-0.3, -0.25) is 9.69 Å². The fourth-order valence-electron chi connectivity index (χ4n) is 3.49. The molecule has 0 aliphatic carbocycles. The molecule has 150 valence electrons. The van der Waals surface area contributed by atoms with Crippen LogP contribution < -0.4 is 9.64 Å². The first kappa shape index (κ1) is 20.1. The maximum Gasteiger partial charge on any atom is 0.237 e. The van der Waals surface area contributed by atoms with Gasteiger partial charge in [-0.15, -0.1) is 0 Å². The van der Waals surface area contributed by atoms with E-state index in [1.807, 2.05) is 31.2 Å². The molecule has 2 aromatic carbocycles. The Balaban J connectivity index is 1.52. The Bertz CT molecular complexity index is 791. The number of benzene rings is 2. The number of halogens is 1. The number of rotatable bonds is 7. The molecule has 6 heteroatoms. The van der Waals surface area contributed by atoms with Gasteiger partial charge in [0.1, 0.15) is 11.6 Å². The standard InChI is InChI=1S/C22H28FN3O2/c1-3-25(16-18-6-4-7-19(23)14-18)22(27)17-24-10-12-26(13-11-24)20-8-5-9-21(15-20)28-2/h4-9,14-15H,3,10-13,16-17H2,1-2H3. The number of likely N-dealkylation sites (N-methyl/N-ethyl adjacent to an activating group) is 1. The van der Waals surface area contributed by atoms with E-state index in [0.29, 0.717) is 19.6 Å². The van der Waals surface area contributed by atoms with Crippen molar-refractivity contribution in [1.29, 1.82) is 0 Å². The third kappa shape index (κ3) is 5.23. The zero-order valence-corrected chi connectivity index (χ0v) is 16.6. The van der Waals surface area contributed by atoms with Crippen molar-refractivity contribution in [2.75, 3.05) is 51.3 Å². The second-order valence-electron chi connectivity index (χ2n) is 7.00. The summed E-state index contributed by atoms with van der Waals surface area (Å²) in [6, 6.07) is 14.5. The number of amides is 1. The molecule has 0 unspecified atom stereocenters. The SMILES string of the molecule is CCN(Cc1cccc(F)c1)C(=O)CN1CCN(c2cccc(OC)c2)CC1. The van der Waals surface area contributed by atoms with E-state index in [-0.39, 0.29) is 11.7 Å². The summed E-state index contributed by atoms with van der Waals surface area (Å²) in [5.74, 6) is 0.669. The van der Waals surface area contributed by atoms with Crippen molar-refractivity contribution < 1.29 is 13.9 Å².